The van der Waals surface area contributed by atoms with E-state index in [1.807, 2.05) is 24.3 Å². The van der Waals surface area contributed by atoms with Crippen molar-refractivity contribution in [2.75, 3.05) is 20.2 Å². The van der Waals surface area contributed by atoms with Crippen LogP contribution in [0.25, 0.3) is 10.9 Å². The van der Waals surface area contributed by atoms with Crippen LogP contribution in [0.15, 0.2) is 43.1 Å². The molecule has 5 rings (SSSR count). The summed E-state index contributed by atoms with van der Waals surface area (Å²) in [5.41, 5.74) is 1.88. The van der Waals surface area contributed by atoms with Crippen LogP contribution < -0.4 is 4.74 Å². The van der Waals surface area contributed by atoms with Gasteiger partial charge >= 0.3 is 5.97 Å². The first-order valence-corrected chi connectivity index (χ1v) is 9.57. The van der Waals surface area contributed by atoms with E-state index in [-0.39, 0.29) is 18.1 Å². The van der Waals surface area contributed by atoms with Crippen molar-refractivity contribution in [2.45, 2.75) is 31.9 Å². The number of hydrogen-bond donors (Lipinski definition) is 0. The number of nitrogens with zero attached hydrogens (tertiary/aromatic N) is 2. The Morgan fingerprint density at radius 3 is 2.93 bits per heavy atom. The Morgan fingerprint density at radius 1 is 1.41 bits per heavy atom. The Morgan fingerprint density at radius 2 is 2.26 bits per heavy atom. The van der Waals surface area contributed by atoms with Crippen molar-refractivity contribution >= 4 is 16.9 Å². The number of piperidine rings is 3. The zero-order chi connectivity index (χ0) is 19.0. The molecule has 2 bridgehead atoms. The molecule has 3 aliphatic rings. The fraction of sp³-hybridized carbons (Fsp3) is 0.455. The molecule has 142 valence electrons. The molecule has 4 heterocycles. The third-order valence-electron chi connectivity index (χ3n) is 6.09. The number of carbonyl (C=O) groups is 1. The lowest BCUT2D eigenvalue weighted by atomic mass is 9.73. The second kappa shape index (κ2) is 7.31. The van der Waals surface area contributed by atoms with Gasteiger partial charge in [0.15, 0.2) is 0 Å². The maximum atomic E-state index is 12.0. The van der Waals surface area contributed by atoms with Gasteiger partial charge in [0.1, 0.15) is 11.9 Å². The first-order valence-electron chi connectivity index (χ1n) is 9.57. The van der Waals surface area contributed by atoms with Crippen LogP contribution in [-0.4, -0.2) is 42.1 Å². The van der Waals surface area contributed by atoms with Crippen LogP contribution in [0.5, 0.6) is 5.75 Å². The highest BCUT2D eigenvalue weighted by molar-refractivity contribution is 5.84. The van der Waals surface area contributed by atoms with Gasteiger partial charge in [0.25, 0.3) is 0 Å². The van der Waals surface area contributed by atoms with Crippen LogP contribution in [0.4, 0.5) is 0 Å². The first kappa shape index (κ1) is 18.0. The van der Waals surface area contributed by atoms with Crippen molar-refractivity contribution in [1.82, 2.24) is 9.88 Å². The lowest BCUT2D eigenvalue weighted by molar-refractivity contribution is -0.154. The topological polar surface area (TPSA) is 51.7 Å². The monoisotopic (exact) mass is 366 g/mol. The molecule has 3 saturated heterocycles. The van der Waals surface area contributed by atoms with Crippen LogP contribution in [-0.2, 0) is 9.53 Å². The zero-order valence-electron chi connectivity index (χ0n) is 15.9. The van der Waals surface area contributed by atoms with Crippen LogP contribution in [0.2, 0.25) is 0 Å². The molecule has 1 unspecified atom stereocenters. The van der Waals surface area contributed by atoms with Crippen LogP contribution in [0.3, 0.4) is 0 Å². The standard InChI is InChI=1S/C22H26N2O3/c1-4-15-13-24-10-8-16(15)11-21(24)22(27-14(2)25)18-7-9-23-20-6-5-17(26-3)12-19(18)20/h4-7,9,12,15-16,21-22H,1,8,10-11,13H2,2-3H3/t15-,16+,21+,22+/m0/s1. The minimum atomic E-state index is -0.311. The molecule has 0 N–H and O–H groups in total. The molecule has 1 aromatic carbocycles. The van der Waals surface area contributed by atoms with Crippen molar-refractivity contribution in [2.24, 2.45) is 11.8 Å². The molecule has 0 saturated carbocycles. The Hall–Kier alpha value is -2.40. The van der Waals surface area contributed by atoms with E-state index in [9.17, 15) is 4.79 Å². The minimum Gasteiger partial charge on any atom is -0.497 e. The molecule has 0 aliphatic carbocycles. The summed E-state index contributed by atoms with van der Waals surface area (Å²) in [5.74, 6) is 1.66. The lowest BCUT2D eigenvalue weighted by Crippen LogP contribution is -2.55. The smallest absolute Gasteiger partial charge is 0.303 e. The molecule has 5 heteroatoms. The summed E-state index contributed by atoms with van der Waals surface area (Å²) < 4.78 is 11.3. The quantitative estimate of drug-likeness (QED) is 0.596. The van der Waals surface area contributed by atoms with Gasteiger partial charge in [-0.3, -0.25) is 14.7 Å². The average molecular weight is 366 g/mol. The predicted octanol–water partition coefficient (Wildman–Crippen LogP) is 3.74. The molecular weight excluding hydrogens is 340 g/mol. The molecule has 0 spiro atoms. The van der Waals surface area contributed by atoms with Gasteiger partial charge in [0.2, 0.25) is 0 Å². The summed E-state index contributed by atoms with van der Waals surface area (Å²) in [7, 11) is 1.65. The van der Waals surface area contributed by atoms with Crippen LogP contribution in [0.1, 0.15) is 31.4 Å². The molecule has 1 aromatic heterocycles. The molecule has 3 aliphatic heterocycles. The van der Waals surface area contributed by atoms with Crippen molar-refractivity contribution in [1.29, 1.82) is 0 Å². The van der Waals surface area contributed by atoms with Gasteiger partial charge in [0, 0.05) is 30.6 Å². The summed E-state index contributed by atoms with van der Waals surface area (Å²) in [6, 6.07) is 7.99. The SMILES string of the molecule is C=C[C@H]1CN2CC[C@@H]1C[C@@H]2[C@H](OC(C)=O)c1ccnc2ccc(OC)cc12. The summed E-state index contributed by atoms with van der Waals surface area (Å²) in [4.78, 5) is 18.9. The number of carbonyl (C=O) groups excluding carboxylic acids is 1. The number of fused-ring (bicyclic) bond motifs is 4. The predicted molar refractivity (Wildman–Crippen MR) is 105 cm³/mol. The first-order chi connectivity index (χ1) is 13.1. The van der Waals surface area contributed by atoms with Gasteiger partial charge < -0.3 is 9.47 Å². The number of esters is 1. The van der Waals surface area contributed by atoms with E-state index in [1.54, 1.807) is 13.3 Å². The maximum Gasteiger partial charge on any atom is 0.303 e. The molecule has 0 amide bonds. The number of pyridine rings is 1. The van der Waals surface area contributed by atoms with E-state index in [4.69, 9.17) is 9.47 Å². The Kier molecular flexibility index (Phi) is 4.87. The molecule has 5 nitrogen and oxygen atoms in total. The van der Waals surface area contributed by atoms with Gasteiger partial charge in [-0.15, -0.1) is 6.58 Å². The van der Waals surface area contributed by atoms with E-state index in [0.717, 1.165) is 41.7 Å². The lowest BCUT2D eigenvalue weighted by Gasteiger charge is -2.51. The van der Waals surface area contributed by atoms with Gasteiger partial charge in [-0.1, -0.05) is 6.08 Å². The summed E-state index contributed by atoms with van der Waals surface area (Å²) in [5, 5.41) is 0.978. The van der Waals surface area contributed by atoms with Crippen molar-refractivity contribution in [3.05, 3.63) is 48.7 Å². The highest BCUT2D eigenvalue weighted by Gasteiger charge is 2.44. The third kappa shape index (κ3) is 3.32. The van der Waals surface area contributed by atoms with Crippen molar-refractivity contribution in [3.63, 3.8) is 0 Å². The molecule has 5 atom stereocenters. The van der Waals surface area contributed by atoms with Gasteiger partial charge in [0.05, 0.1) is 18.7 Å². The fourth-order valence-electron chi connectivity index (χ4n) is 4.74. The molecule has 2 aromatic rings. The normalized spacial score (nSPS) is 27.9. The van der Waals surface area contributed by atoms with E-state index >= 15 is 0 Å². The highest BCUT2D eigenvalue weighted by Crippen LogP contribution is 2.43. The van der Waals surface area contributed by atoms with Crippen molar-refractivity contribution < 1.29 is 14.3 Å². The number of rotatable bonds is 5. The zero-order valence-corrected chi connectivity index (χ0v) is 15.9. The van der Waals surface area contributed by atoms with E-state index in [1.165, 1.54) is 13.3 Å². The van der Waals surface area contributed by atoms with E-state index in [0.29, 0.717) is 11.8 Å². The van der Waals surface area contributed by atoms with Gasteiger partial charge in [-0.2, -0.15) is 0 Å². The molecule has 3 fully saturated rings. The Labute approximate surface area is 160 Å². The number of methoxy groups -OCH3 is 1. The Balaban J connectivity index is 1.76. The van der Waals surface area contributed by atoms with Gasteiger partial charge in [-0.25, -0.2) is 0 Å². The Bertz CT molecular complexity index is 866. The summed E-state index contributed by atoms with van der Waals surface area (Å²) in [6.45, 7) is 7.53. The number of hydrogen-bond acceptors (Lipinski definition) is 5. The molecule has 0 radical (unpaired) electrons. The molecule has 27 heavy (non-hydrogen) atoms. The number of ether oxygens (including phenoxy) is 2. The summed E-state index contributed by atoms with van der Waals surface area (Å²) in [6.07, 6.45) is 5.77. The molecular formula is C22H26N2O3. The average Bonchev–Trinajstić information content (AvgIpc) is 2.71. The highest BCUT2D eigenvalue weighted by atomic mass is 16.5. The van der Waals surface area contributed by atoms with Gasteiger partial charge in [-0.05, 0) is 55.5 Å². The minimum absolute atomic E-state index is 0.181. The van der Waals surface area contributed by atoms with Crippen LogP contribution >= 0.6 is 0 Å². The second-order valence-electron chi connectivity index (χ2n) is 7.56. The largest absolute Gasteiger partial charge is 0.497 e. The summed E-state index contributed by atoms with van der Waals surface area (Å²) >= 11 is 0. The number of aromatic nitrogens is 1. The van der Waals surface area contributed by atoms with E-state index in [2.05, 4.69) is 22.5 Å². The van der Waals surface area contributed by atoms with E-state index < -0.39 is 0 Å². The van der Waals surface area contributed by atoms with Crippen LogP contribution in [0, 0.1) is 11.8 Å². The maximum absolute atomic E-state index is 12.0. The third-order valence-corrected chi connectivity index (χ3v) is 6.09. The second-order valence-corrected chi connectivity index (χ2v) is 7.56. The number of benzene rings is 1. The van der Waals surface area contributed by atoms with Crippen molar-refractivity contribution in [3.8, 4) is 5.75 Å². The fourth-order valence-corrected chi connectivity index (χ4v) is 4.74.